The van der Waals surface area contributed by atoms with E-state index in [-0.39, 0.29) is 11.8 Å². The highest BCUT2D eigenvalue weighted by Gasteiger charge is 2.30. The number of benzene rings is 3. The molecule has 3 aromatic rings. The molecule has 0 saturated heterocycles. The molecule has 0 fully saturated rings. The van der Waals surface area contributed by atoms with Crippen LogP contribution in [0.15, 0.2) is 91.0 Å². The van der Waals surface area contributed by atoms with Crippen LogP contribution in [0.4, 0.5) is 0 Å². The van der Waals surface area contributed by atoms with Crippen LogP contribution >= 0.6 is 0 Å². The first kappa shape index (κ1) is 15.0. The van der Waals surface area contributed by atoms with Gasteiger partial charge in [0.1, 0.15) is 0 Å². The third-order valence-electron chi connectivity index (χ3n) is 4.12. The van der Waals surface area contributed by atoms with Crippen LogP contribution in [0, 0.1) is 0 Å². The lowest BCUT2D eigenvalue weighted by Gasteiger charge is -2.26. The summed E-state index contributed by atoms with van der Waals surface area (Å²) < 4.78 is 0. The summed E-state index contributed by atoms with van der Waals surface area (Å²) in [6, 6.07) is 29.9. The maximum absolute atomic E-state index is 12.3. The van der Waals surface area contributed by atoms with Crippen molar-refractivity contribution >= 4 is 5.91 Å². The quantitative estimate of drug-likeness (QED) is 0.758. The molecule has 3 rings (SSSR count). The second-order valence-electron chi connectivity index (χ2n) is 5.59. The molecule has 1 amide bonds. The molecule has 1 atom stereocenters. The molecule has 0 unspecified atom stereocenters. The average molecular weight is 301 g/mol. The predicted octanol–water partition coefficient (Wildman–Crippen LogP) is 4.09. The van der Waals surface area contributed by atoms with Gasteiger partial charge in [-0.2, -0.15) is 0 Å². The largest absolute Gasteiger partial charge is 0.369 e. The normalized spacial score (nSPS) is 12.0. The van der Waals surface area contributed by atoms with E-state index in [4.69, 9.17) is 5.73 Å². The third kappa shape index (κ3) is 3.32. The maximum atomic E-state index is 12.3. The highest BCUT2D eigenvalue weighted by Crippen LogP contribution is 2.38. The number of nitrogens with two attached hydrogens (primary N) is 1. The molecule has 114 valence electrons. The van der Waals surface area contributed by atoms with Gasteiger partial charge in [-0.25, -0.2) is 0 Å². The van der Waals surface area contributed by atoms with Crippen molar-refractivity contribution in [3.05, 3.63) is 108 Å². The SMILES string of the molecule is NC(=O)[C@H](c1ccccc1)C(c1ccccc1)c1ccccc1. The summed E-state index contributed by atoms with van der Waals surface area (Å²) in [5, 5.41) is 0. The smallest absolute Gasteiger partial charge is 0.225 e. The zero-order valence-electron chi connectivity index (χ0n) is 12.8. The van der Waals surface area contributed by atoms with Gasteiger partial charge in [0.25, 0.3) is 0 Å². The van der Waals surface area contributed by atoms with Crippen LogP contribution in [0.25, 0.3) is 0 Å². The highest BCUT2D eigenvalue weighted by atomic mass is 16.1. The molecular weight excluding hydrogens is 282 g/mol. The Hall–Kier alpha value is -2.87. The van der Waals surface area contributed by atoms with Crippen molar-refractivity contribution in [3.8, 4) is 0 Å². The number of amides is 1. The van der Waals surface area contributed by atoms with Crippen LogP contribution in [0.1, 0.15) is 28.5 Å². The topological polar surface area (TPSA) is 43.1 Å². The van der Waals surface area contributed by atoms with Crippen LogP contribution in [0.3, 0.4) is 0 Å². The first-order valence-corrected chi connectivity index (χ1v) is 7.71. The zero-order valence-corrected chi connectivity index (χ0v) is 12.8. The summed E-state index contributed by atoms with van der Waals surface area (Å²) in [7, 11) is 0. The van der Waals surface area contributed by atoms with E-state index in [2.05, 4.69) is 24.3 Å². The van der Waals surface area contributed by atoms with Gasteiger partial charge in [-0.1, -0.05) is 91.0 Å². The molecule has 2 nitrogen and oxygen atoms in total. The van der Waals surface area contributed by atoms with Crippen molar-refractivity contribution in [2.45, 2.75) is 11.8 Å². The van der Waals surface area contributed by atoms with E-state index >= 15 is 0 Å². The Morgan fingerprint density at radius 2 is 0.957 bits per heavy atom. The predicted molar refractivity (Wildman–Crippen MR) is 93.1 cm³/mol. The summed E-state index contributed by atoms with van der Waals surface area (Å²) in [5.74, 6) is -0.813. The number of carbonyl (C=O) groups excluding carboxylic acids is 1. The zero-order chi connectivity index (χ0) is 16.1. The molecule has 0 aromatic heterocycles. The Kier molecular flexibility index (Phi) is 4.53. The highest BCUT2D eigenvalue weighted by molar-refractivity contribution is 5.84. The minimum absolute atomic E-state index is 0.0997. The van der Waals surface area contributed by atoms with E-state index < -0.39 is 5.92 Å². The molecule has 23 heavy (non-hydrogen) atoms. The first-order valence-electron chi connectivity index (χ1n) is 7.71. The summed E-state index contributed by atoms with van der Waals surface area (Å²) in [5.41, 5.74) is 8.93. The molecule has 0 aliphatic rings. The second-order valence-corrected chi connectivity index (χ2v) is 5.59. The van der Waals surface area contributed by atoms with Crippen molar-refractivity contribution < 1.29 is 4.79 Å². The van der Waals surface area contributed by atoms with Crippen LogP contribution in [-0.4, -0.2) is 5.91 Å². The molecule has 0 bridgehead atoms. The van der Waals surface area contributed by atoms with Crippen LogP contribution < -0.4 is 5.73 Å². The number of rotatable bonds is 5. The third-order valence-corrected chi connectivity index (χ3v) is 4.12. The summed E-state index contributed by atoms with van der Waals surface area (Å²) in [4.78, 5) is 12.3. The Labute approximate surface area is 136 Å². The fraction of sp³-hybridized carbons (Fsp3) is 0.0952. The molecule has 0 aliphatic heterocycles. The fourth-order valence-corrected chi connectivity index (χ4v) is 3.08. The Balaban J connectivity index is 2.15. The van der Waals surface area contributed by atoms with E-state index in [1.807, 2.05) is 66.7 Å². The standard InChI is InChI=1S/C21H19NO/c22-21(23)20(18-14-8-3-9-15-18)19(16-10-4-1-5-11-16)17-12-6-2-7-13-17/h1-15,19-20H,(H2,22,23)/t20-/m1/s1. The number of primary amides is 1. The monoisotopic (exact) mass is 301 g/mol. The second kappa shape index (κ2) is 6.93. The van der Waals surface area contributed by atoms with Gasteiger partial charge in [-0.05, 0) is 16.7 Å². The van der Waals surface area contributed by atoms with Gasteiger partial charge in [-0.15, -0.1) is 0 Å². The van der Waals surface area contributed by atoms with Gasteiger partial charge in [0.05, 0.1) is 5.92 Å². The molecule has 2 heteroatoms. The van der Waals surface area contributed by atoms with Crippen molar-refractivity contribution in [1.82, 2.24) is 0 Å². The van der Waals surface area contributed by atoms with E-state index in [0.29, 0.717) is 0 Å². The van der Waals surface area contributed by atoms with E-state index in [1.165, 1.54) is 0 Å². The fourth-order valence-electron chi connectivity index (χ4n) is 3.08. The van der Waals surface area contributed by atoms with E-state index in [0.717, 1.165) is 16.7 Å². The van der Waals surface area contributed by atoms with E-state index in [1.54, 1.807) is 0 Å². The average Bonchev–Trinajstić information content (AvgIpc) is 2.61. The summed E-state index contributed by atoms with van der Waals surface area (Å²) in [6.45, 7) is 0. The van der Waals surface area contributed by atoms with Gasteiger partial charge in [0.15, 0.2) is 0 Å². The molecule has 3 aromatic carbocycles. The molecule has 0 radical (unpaired) electrons. The first-order chi connectivity index (χ1) is 11.3. The molecule has 0 spiro atoms. The minimum atomic E-state index is -0.402. The summed E-state index contributed by atoms with van der Waals surface area (Å²) >= 11 is 0. The Morgan fingerprint density at radius 3 is 1.30 bits per heavy atom. The van der Waals surface area contributed by atoms with Crippen molar-refractivity contribution in [2.24, 2.45) is 5.73 Å². The van der Waals surface area contributed by atoms with Gasteiger partial charge in [0, 0.05) is 5.92 Å². The van der Waals surface area contributed by atoms with Crippen LogP contribution in [-0.2, 0) is 4.79 Å². The Morgan fingerprint density at radius 1 is 0.609 bits per heavy atom. The molecule has 2 N–H and O–H groups in total. The van der Waals surface area contributed by atoms with Gasteiger partial charge >= 0.3 is 0 Å². The number of hydrogen-bond acceptors (Lipinski definition) is 1. The molecule has 0 saturated carbocycles. The lowest BCUT2D eigenvalue weighted by molar-refractivity contribution is -0.119. The minimum Gasteiger partial charge on any atom is -0.369 e. The van der Waals surface area contributed by atoms with Gasteiger partial charge in [0.2, 0.25) is 5.91 Å². The molecule has 0 heterocycles. The lowest BCUT2D eigenvalue weighted by Crippen LogP contribution is -2.27. The number of carbonyl (C=O) groups is 1. The molecular formula is C21H19NO. The maximum Gasteiger partial charge on any atom is 0.225 e. The van der Waals surface area contributed by atoms with Crippen LogP contribution in [0.2, 0.25) is 0 Å². The van der Waals surface area contributed by atoms with Crippen LogP contribution in [0.5, 0.6) is 0 Å². The van der Waals surface area contributed by atoms with E-state index in [9.17, 15) is 4.79 Å². The molecule has 0 aliphatic carbocycles. The van der Waals surface area contributed by atoms with Gasteiger partial charge < -0.3 is 5.73 Å². The Bertz CT molecular complexity index is 714. The van der Waals surface area contributed by atoms with Crippen molar-refractivity contribution in [3.63, 3.8) is 0 Å². The number of hydrogen-bond donors (Lipinski definition) is 1. The van der Waals surface area contributed by atoms with Crippen molar-refractivity contribution in [2.75, 3.05) is 0 Å². The lowest BCUT2D eigenvalue weighted by atomic mass is 9.77. The summed E-state index contributed by atoms with van der Waals surface area (Å²) in [6.07, 6.45) is 0. The van der Waals surface area contributed by atoms with Crippen molar-refractivity contribution in [1.29, 1.82) is 0 Å². The van der Waals surface area contributed by atoms with Gasteiger partial charge in [-0.3, -0.25) is 4.79 Å².